The van der Waals surface area contributed by atoms with E-state index < -0.39 is 0 Å². The van der Waals surface area contributed by atoms with Gasteiger partial charge in [0.2, 0.25) is 0 Å². The van der Waals surface area contributed by atoms with Crippen molar-refractivity contribution in [2.45, 2.75) is 0 Å². The number of quaternary nitrogens is 1. The molecular formula is C6H15N2+. The van der Waals surface area contributed by atoms with E-state index in [4.69, 9.17) is 0 Å². The third-order valence-corrected chi connectivity index (χ3v) is 1.56. The summed E-state index contributed by atoms with van der Waals surface area (Å²) in [5, 5.41) is 3.25. The molecule has 8 heavy (non-hydrogen) atoms. The Morgan fingerprint density at radius 1 is 1.50 bits per heavy atom. The number of hydrogen-bond acceptors (Lipinski definition) is 1. The lowest BCUT2D eigenvalue weighted by Crippen LogP contribution is -3.07. The normalized spacial score (nSPS) is 21.4. The summed E-state index contributed by atoms with van der Waals surface area (Å²) in [6.45, 7) is 3.81. The Kier molecular flexibility index (Phi) is 1.86. The molecule has 1 saturated heterocycles. The smallest absolute Gasteiger partial charge is 0.0820 e. The SMILES string of the molecule is C[NH+](C)CC1CNC1. The fourth-order valence-corrected chi connectivity index (χ4v) is 1.07. The molecule has 1 aliphatic rings. The second kappa shape index (κ2) is 2.46. The molecule has 2 nitrogen and oxygen atoms in total. The van der Waals surface area contributed by atoms with Crippen LogP contribution in [-0.2, 0) is 0 Å². The highest BCUT2D eigenvalue weighted by Gasteiger charge is 2.18. The van der Waals surface area contributed by atoms with E-state index in [1.807, 2.05) is 0 Å². The molecule has 0 aliphatic carbocycles. The van der Waals surface area contributed by atoms with Gasteiger partial charge in [-0.1, -0.05) is 0 Å². The molecule has 0 aromatic carbocycles. The minimum absolute atomic E-state index is 0.958. The van der Waals surface area contributed by atoms with Crippen molar-refractivity contribution in [3.05, 3.63) is 0 Å². The molecule has 2 N–H and O–H groups in total. The van der Waals surface area contributed by atoms with Gasteiger partial charge in [-0.05, 0) is 0 Å². The maximum atomic E-state index is 3.25. The second-order valence-corrected chi connectivity index (χ2v) is 2.94. The highest BCUT2D eigenvalue weighted by molar-refractivity contribution is 4.72. The topological polar surface area (TPSA) is 16.5 Å². The van der Waals surface area contributed by atoms with Crippen LogP contribution in [-0.4, -0.2) is 33.7 Å². The summed E-state index contributed by atoms with van der Waals surface area (Å²) in [5.74, 6) is 0.958. The van der Waals surface area contributed by atoms with Gasteiger partial charge < -0.3 is 10.2 Å². The van der Waals surface area contributed by atoms with Crippen molar-refractivity contribution in [2.75, 3.05) is 33.7 Å². The molecule has 1 rings (SSSR count). The number of hydrogen-bond donors (Lipinski definition) is 2. The predicted molar refractivity (Wildman–Crippen MR) is 34.0 cm³/mol. The average molecular weight is 115 g/mol. The molecule has 0 aromatic rings. The zero-order valence-electron chi connectivity index (χ0n) is 5.70. The zero-order valence-corrected chi connectivity index (χ0v) is 5.70. The van der Waals surface area contributed by atoms with Gasteiger partial charge in [-0.25, -0.2) is 0 Å². The predicted octanol–water partition coefficient (Wildman–Crippen LogP) is -1.65. The van der Waals surface area contributed by atoms with Crippen molar-refractivity contribution in [3.63, 3.8) is 0 Å². The van der Waals surface area contributed by atoms with Crippen LogP contribution in [0.3, 0.4) is 0 Å². The van der Waals surface area contributed by atoms with Crippen LogP contribution in [0.5, 0.6) is 0 Å². The van der Waals surface area contributed by atoms with Crippen LogP contribution in [0.25, 0.3) is 0 Å². The van der Waals surface area contributed by atoms with Gasteiger partial charge in [-0.15, -0.1) is 0 Å². The third kappa shape index (κ3) is 1.46. The molecule has 0 unspecified atom stereocenters. The molecule has 0 amide bonds. The Bertz CT molecular complexity index is 66.9. The Balaban J connectivity index is 2.01. The molecule has 0 bridgehead atoms. The Morgan fingerprint density at radius 3 is 2.25 bits per heavy atom. The van der Waals surface area contributed by atoms with E-state index in [1.165, 1.54) is 19.6 Å². The zero-order chi connectivity index (χ0) is 5.98. The van der Waals surface area contributed by atoms with Crippen molar-refractivity contribution in [1.29, 1.82) is 0 Å². The van der Waals surface area contributed by atoms with E-state index in [-0.39, 0.29) is 0 Å². The Labute approximate surface area is 50.9 Å². The summed E-state index contributed by atoms with van der Waals surface area (Å²) < 4.78 is 0. The molecule has 0 radical (unpaired) electrons. The number of nitrogens with one attached hydrogen (secondary N) is 2. The molecular weight excluding hydrogens is 100 g/mol. The average Bonchev–Trinajstić information content (AvgIpc) is 1.55. The van der Waals surface area contributed by atoms with Gasteiger partial charge in [0, 0.05) is 19.0 Å². The summed E-state index contributed by atoms with van der Waals surface area (Å²) >= 11 is 0. The minimum atomic E-state index is 0.958. The van der Waals surface area contributed by atoms with Crippen LogP contribution in [0.2, 0.25) is 0 Å². The fourth-order valence-electron chi connectivity index (χ4n) is 1.07. The Hall–Kier alpha value is -0.0800. The fraction of sp³-hybridized carbons (Fsp3) is 1.00. The van der Waals surface area contributed by atoms with Gasteiger partial charge >= 0.3 is 0 Å². The summed E-state index contributed by atoms with van der Waals surface area (Å²) in [6, 6.07) is 0. The van der Waals surface area contributed by atoms with Crippen LogP contribution in [0.4, 0.5) is 0 Å². The summed E-state index contributed by atoms with van der Waals surface area (Å²) in [7, 11) is 4.41. The minimum Gasteiger partial charge on any atom is -0.339 e. The summed E-state index contributed by atoms with van der Waals surface area (Å²) in [4.78, 5) is 1.57. The van der Waals surface area contributed by atoms with E-state index in [0.717, 1.165) is 5.92 Å². The first-order valence-electron chi connectivity index (χ1n) is 3.29. The maximum Gasteiger partial charge on any atom is 0.0820 e. The molecule has 0 atom stereocenters. The van der Waals surface area contributed by atoms with E-state index in [2.05, 4.69) is 19.4 Å². The van der Waals surface area contributed by atoms with Gasteiger partial charge in [0.05, 0.1) is 20.6 Å². The summed E-state index contributed by atoms with van der Waals surface area (Å²) in [6.07, 6.45) is 0. The molecule has 1 fully saturated rings. The molecule has 0 saturated carbocycles. The van der Waals surface area contributed by atoms with Crippen LogP contribution in [0.15, 0.2) is 0 Å². The second-order valence-electron chi connectivity index (χ2n) is 2.94. The maximum absolute atomic E-state index is 3.25. The first kappa shape index (κ1) is 6.05. The first-order chi connectivity index (χ1) is 3.79. The van der Waals surface area contributed by atoms with Gasteiger partial charge in [0.1, 0.15) is 0 Å². The van der Waals surface area contributed by atoms with E-state index >= 15 is 0 Å². The molecule has 0 aromatic heterocycles. The van der Waals surface area contributed by atoms with Gasteiger partial charge in [-0.3, -0.25) is 0 Å². The first-order valence-corrected chi connectivity index (χ1v) is 3.29. The van der Waals surface area contributed by atoms with Crippen LogP contribution in [0, 0.1) is 5.92 Å². The highest BCUT2D eigenvalue weighted by Crippen LogP contribution is 1.96. The van der Waals surface area contributed by atoms with Gasteiger partial charge in [0.25, 0.3) is 0 Å². The largest absolute Gasteiger partial charge is 0.339 e. The highest BCUT2D eigenvalue weighted by atomic mass is 15.1. The van der Waals surface area contributed by atoms with Crippen molar-refractivity contribution in [3.8, 4) is 0 Å². The molecule has 48 valence electrons. The monoisotopic (exact) mass is 115 g/mol. The van der Waals surface area contributed by atoms with Gasteiger partial charge in [0.15, 0.2) is 0 Å². The standard InChI is InChI=1S/C6H14N2/c1-8(2)5-6-3-7-4-6/h6-7H,3-5H2,1-2H3/p+1. The molecule has 2 heteroatoms. The molecule has 1 heterocycles. The van der Waals surface area contributed by atoms with E-state index in [9.17, 15) is 0 Å². The molecule has 1 aliphatic heterocycles. The van der Waals surface area contributed by atoms with Gasteiger partial charge in [-0.2, -0.15) is 0 Å². The van der Waals surface area contributed by atoms with Crippen molar-refractivity contribution < 1.29 is 4.90 Å². The van der Waals surface area contributed by atoms with E-state index in [1.54, 1.807) is 4.90 Å². The Morgan fingerprint density at radius 2 is 2.12 bits per heavy atom. The number of rotatable bonds is 2. The molecule has 0 spiro atoms. The summed E-state index contributed by atoms with van der Waals surface area (Å²) in [5.41, 5.74) is 0. The van der Waals surface area contributed by atoms with Crippen molar-refractivity contribution in [1.82, 2.24) is 5.32 Å². The van der Waals surface area contributed by atoms with Crippen molar-refractivity contribution in [2.24, 2.45) is 5.92 Å². The lowest BCUT2D eigenvalue weighted by Gasteiger charge is -2.27. The van der Waals surface area contributed by atoms with E-state index in [0.29, 0.717) is 0 Å². The van der Waals surface area contributed by atoms with Crippen LogP contribution in [0.1, 0.15) is 0 Å². The van der Waals surface area contributed by atoms with Crippen LogP contribution < -0.4 is 10.2 Å². The lowest BCUT2D eigenvalue weighted by molar-refractivity contribution is -0.862. The van der Waals surface area contributed by atoms with Crippen LogP contribution >= 0.6 is 0 Å². The quantitative estimate of drug-likeness (QED) is 0.441. The van der Waals surface area contributed by atoms with Crippen molar-refractivity contribution >= 4 is 0 Å². The third-order valence-electron chi connectivity index (χ3n) is 1.56. The lowest BCUT2D eigenvalue weighted by atomic mass is 10.0.